The summed E-state index contributed by atoms with van der Waals surface area (Å²) in [6, 6.07) is 16.8. The van der Waals surface area contributed by atoms with Crippen molar-refractivity contribution in [3.8, 4) is 17.1 Å². The third-order valence-electron chi connectivity index (χ3n) is 6.29. The number of ether oxygens (including phenoxy) is 1. The standard InChI is InChI=1S/C23H26N4O2/c1-26-12-17-13-27(14-19-11-22(25-29-19)21-5-3-4-10-24-21)15-20(17)23(26)16-6-8-18(28-2)9-7-16/h3-11,17,20,23H,12-15H2,1-2H3/t17-,20+,23+/m0/s1. The number of benzene rings is 1. The van der Waals surface area contributed by atoms with E-state index in [1.165, 1.54) is 5.56 Å². The lowest BCUT2D eigenvalue weighted by Crippen LogP contribution is -2.28. The average Bonchev–Trinajstić information content (AvgIpc) is 3.44. The van der Waals surface area contributed by atoms with Crippen LogP contribution >= 0.6 is 0 Å². The van der Waals surface area contributed by atoms with Crippen molar-refractivity contribution >= 4 is 0 Å². The first-order valence-corrected chi connectivity index (χ1v) is 10.1. The van der Waals surface area contributed by atoms with E-state index in [4.69, 9.17) is 9.26 Å². The van der Waals surface area contributed by atoms with Crippen molar-refractivity contribution in [2.75, 3.05) is 33.8 Å². The van der Waals surface area contributed by atoms with Crippen LogP contribution in [-0.2, 0) is 6.54 Å². The van der Waals surface area contributed by atoms with Gasteiger partial charge >= 0.3 is 0 Å². The maximum atomic E-state index is 5.61. The van der Waals surface area contributed by atoms with Gasteiger partial charge in [0.25, 0.3) is 0 Å². The van der Waals surface area contributed by atoms with Gasteiger partial charge in [-0.3, -0.25) is 14.8 Å². The molecule has 2 aliphatic rings. The Hall–Kier alpha value is -2.70. The van der Waals surface area contributed by atoms with Gasteiger partial charge in [0.2, 0.25) is 0 Å². The summed E-state index contributed by atoms with van der Waals surface area (Å²) in [5, 5.41) is 4.21. The molecule has 0 radical (unpaired) electrons. The second kappa shape index (κ2) is 7.61. The fourth-order valence-corrected chi connectivity index (χ4v) is 5.02. The van der Waals surface area contributed by atoms with Crippen LogP contribution in [0.3, 0.4) is 0 Å². The zero-order chi connectivity index (χ0) is 19.8. The highest BCUT2D eigenvalue weighted by atomic mass is 16.5. The lowest BCUT2D eigenvalue weighted by atomic mass is 9.89. The van der Waals surface area contributed by atoms with E-state index in [0.29, 0.717) is 17.9 Å². The van der Waals surface area contributed by atoms with E-state index in [2.05, 4.69) is 51.3 Å². The second-order valence-corrected chi connectivity index (χ2v) is 8.17. The van der Waals surface area contributed by atoms with Gasteiger partial charge in [0.15, 0.2) is 5.76 Å². The summed E-state index contributed by atoms with van der Waals surface area (Å²) in [7, 11) is 3.96. The van der Waals surface area contributed by atoms with Gasteiger partial charge in [-0.15, -0.1) is 0 Å². The number of hydrogen-bond donors (Lipinski definition) is 0. The first-order chi connectivity index (χ1) is 14.2. The van der Waals surface area contributed by atoms with Gasteiger partial charge < -0.3 is 9.26 Å². The Morgan fingerprint density at radius 1 is 1.07 bits per heavy atom. The van der Waals surface area contributed by atoms with Crippen LogP contribution in [0.15, 0.2) is 59.3 Å². The van der Waals surface area contributed by atoms with Gasteiger partial charge in [-0.05, 0) is 48.7 Å². The van der Waals surface area contributed by atoms with Gasteiger partial charge in [-0.25, -0.2) is 0 Å². The SMILES string of the molecule is COc1ccc([C@@H]2[C@@H]3CN(Cc4cc(-c5ccccn5)no4)C[C@@H]3CN2C)cc1. The molecule has 2 fully saturated rings. The van der Waals surface area contributed by atoms with Crippen LogP contribution in [0.1, 0.15) is 17.4 Å². The first kappa shape index (κ1) is 18.3. The van der Waals surface area contributed by atoms with E-state index in [1.807, 2.05) is 24.3 Å². The zero-order valence-electron chi connectivity index (χ0n) is 16.9. The third kappa shape index (κ3) is 3.54. The predicted molar refractivity (Wildman–Crippen MR) is 110 cm³/mol. The molecule has 150 valence electrons. The molecular weight excluding hydrogens is 364 g/mol. The van der Waals surface area contributed by atoms with Crippen LogP contribution in [0.25, 0.3) is 11.4 Å². The number of pyridine rings is 1. The van der Waals surface area contributed by atoms with E-state index in [1.54, 1.807) is 13.3 Å². The molecule has 0 saturated carbocycles. The van der Waals surface area contributed by atoms with Crippen molar-refractivity contribution < 1.29 is 9.26 Å². The number of hydrogen-bond acceptors (Lipinski definition) is 6. The van der Waals surface area contributed by atoms with E-state index in [0.717, 1.165) is 49.1 Å². The number of rotatable bonds is 5. The molecule has 0 spiro atoms. The van der Waals surface area contributed by atoms with Gasteiger partial charge in [0, 0.05) is 37.9 Å². The molecule has 5 rings (SSSR count). The van der Waals surface area contributed by atoms with Crippen molar-refractivity contribution in [1.82, 2.24) is 19.9 Å². The van der Waals surface area contributed by atoms with Crippen LogP contribution in [0.2, 0.25) is 0 Å². The van der Waals surface area contributed by atoms with Gasteiger partial charge in [0.05, 0.1) is 19.3 Å². The number of aromatic nitrogens is 2. The predicted octanol–water partition coefficient (Wildman–Crippen LogP) is 3.48. The molecule has 2 saturated heterocycles. The minimum Gasteiger partial charge on any atom is -0.497 e. The molecule has 6 nitrogen and oxygen atoms in total. The number of nitrogens with zero attached hydrogens (tertiary/aromatic N) is 4. The Kier molecular flexibility index (Phi) is 4.81. The van der Waals surface area contributed by atoms with Crippen molar-refractivity contribution in [3.63, 3.8) is 0 Å². The van der Waals surface area contributed by atoms with Gasteiger partial charge in [0.1, 0.15) is 11.4 Å². The maximum Gasteiger partial charge on any atom is 0.151 e. The highest BCUT2D eigenvalue weighted by molar-refractivity contribution is 5.53. The summed E-state index contributed by atoms with van der Waals surface area (Å²) >= 11 is 0. The fraction of sp³-hybridized carbons (Fsp3) is 0.391. The summed E-state index contributed by atoms with van der Waals surface area (Å²) in [5.41, 5.74) is 3.03. The monoisotopic (exact) mass is 390 g/mol. The minimum absolute atomic E-state index is 0.453. The number of methoxy groups -OCH3 is 1. The van der Waals surface area contributed by atoms with Crippen LogP contribution in [0.5, 0.6) is 5.75 Å². The molecule has 3 aromatic rings. The maximum absolute atomic E-state index is 5.61. The van der Waals surface area contributed by atoms with E-state index < -0.39 is 0 Å². The molecule has 6 heteroatoms. The van der Waals surface area contributed by atoms with Crippen molar-refractivity contribution in [1.29, 1.82) is 0 Å². The summed E-state index contributed by atoms with van der Waals surface area (Å²) < 4.78 is 10.9. The summed E-state index contributed by atoms with van der Waals surface area (Å²) in [5.74, 6) is 3.13. The number of fused-ring (bicyclic) bond motifs is 1. The van der Waals surface area contributed by atoms with Crippen LogP contribution in [0, 0.1) is 11.8 Å². The average molecular weight is 390 g/mol. The molecular formula is C23H26N4O2. The second-order valence-electron chi connectivity index (χ2n) is 8.17. The summed E-state index contributed by atoms with van der Waals surface area (Å²) in [4.78, 5) is 9.36. The lowest BCUT2D eigenvalue weighted by molar-refractivity contribution is 0.210. The lowest BCUT2D eigenvalue weighted by Gasteiger charge is -2.26. The van der Waals surface area contributed by atoms with Gasteiger partial charge in [-0.1, -0.05) is 23.4 Å². The summed E-state index contributed by atoms with van der Waals surface area (Å²) in [6.07, 6.45) is 1.78. The largest absolute Gasteiger partial charge is 0.497 e. The highest BCUT2D eigenvalue weighted by Gasteiger charge is 2.46. The fourth-order valence-electron chi connectivity index (χ4n) is 5.02. The first-order valence-electron chi connectivity index (χ1n) is 10.1. The topological polar surface area (TPSA) is 54.6 Å². The van der Waals surface area contributed by atoms with Crippen molar-refractivity contribution in [3.05, 3.63) is 66.1 Å². The quantitative estimate of drug-likeness (QED) is 0.665. The van der Waals surface area contributed by atoms with E-state index in [9.17, 15) is 0 Å². The molecule has 0 unspecified atom stereocenters. The Morgan fingerprint density at radius 3 is 2.69 bits per heavy atom. The molecule has 0 bridgehead atoms. The molecule has 29 heavy (non-hydrogen) atoms. The van der Waals surface area contributed by atoms with E-state index >= 15 is 0 Å². The molecule has 2 aliphatic heterocycles. The highest BCUT2D eigenvalue weighted by Crippen LogP contribution is 2.44. The Morgan fingerprint density at radius 2 is 1.93 bits per heavy atom. The van der Waals surface area contributed by atoms with Crippen LogP contribution in [-0.4, -0.2) is 53.7 Å². The molecule has 0 amide bonds. The molecule has 4 heterocycles. The Bertz CT molecular complexity index is 957. The third-order valence-corrected chi connectivity index (χ3v) is 6.29. The molecule has 0 aliphatic carbocycles. The summed E-state index contributed by atoms with van der Waals surface area (Å²) in [6.45, 7) is 4.10. The number of likely N-dealkylation sites (tertiary alicyclic amines) is 2. The smallest absolute Gasteiger partial charge is 0.151 e. The molecule has 1 aromatic carbocycles. The Labute approximate surface area is 171 Å². The van der Waals surface area contributed by atoms with Crippen LogP contribution in [0.4, 0.5) is 0 Å². The van der Waals surface area contributed by atoms with Crippen LogP contribution < -0.4 is 4.74 Å². The van der Waals surface area contributed by atoms with Crippen molar-refractivity contribution in [2.24, 2.45) is 11.8 Å². The molecule has 3 atom stereocenters. The molecule has 2 aromatic heterocycles. The van der Waals surface area contributed by atoms with Crippen molar-refractivity contribution in [2.45, 2.75) is 12.6 Å². The zero-order valence-corrected chi connectivity index (χ0v) is 16.9. The molecule has 0 N–H and O–H groups in total. The van der Waals surface area contributed by atoms with E-state index in [-0.39, 0.29) is 0 Å². The Balaban J connectivity index is 1.28. The van der Waals surface area contributed by atoms with Gasteiger partial charge in [-0.2, -0.15) is 0 Å². The minimum atomic E-state index is 0.453. The normalized spacial score (nSPS) is 24.7.